The molecule has 86 valence electrons. The summed E-state index contributed by atoms with van der Waals surface area (Å²) in [7, 11) is 0. The molecular formula is C16H12N2. The Labute approximate surface area is 107 Å². The second-order valence-electron chi connectivity index (χ2n) is 3.85. The van der Waals surface area contributed by atoms with Gasteiger partial charge in [-0.1, -0.05) is 12.0 Å². The Balaban J connectivity index is 2.11. The third kappa shape index (κ3) is 3.47. The maximum Gasteiger partial charge on any atom is 0.114 e. The van der Waals surface area contributed by atoms with Crippen molar-refractivity contribution in [1.29, 1.82) is 0 Å². The van der Waals surface area contributed by atoms with Gasteiger partial charge in [-0.2, -0.15) is 0 Å². The van der Waals surface area contributed by atoms with Crippen molar-refractivity contribution < 1.29 is 0 Å². The molecule has 0 N–H and O–H groups in total. The first kappa shape index (κ1) is 11.9. The number of nitrogens with zero attached hydrogens (tertiary/aromatic N) is 2. The van der Waals surface area contributed by atoms with E-state index in [0.717, 1.165) is 22.6 Å². The Morgan fingerprint density at radius 2 is 1.72 bits per heavy atom. The number of rotatable bonds is 0. The number of pyridine rings is 2. The van der Waals surface area contributed by atoms with Gasteiger partial charge in [0.15, 0.2) is 0 Å². The molecule has 0 aliphatic rings. The lowest BCUT2D eigenvalue weighted by Gasteiger charge is -1.90. The topological polar surface area (TPSA) is 25.8 Å². The zero-order chi connectivity index (χ0) is 12.8. The molecule has 0 atom stereocenters. The van der Waals surface area contributed by atoms with Crippen LogP contribution in [-0.2, 0) is 0 Å². The largest absolute Gasteiger partial charge is 0.260 e. The molecule has 2 aromatic rings. The van der Waals surface area contributed by atoms with Crippen LogP contribution in [0.1, 0.15) is 22.6 Å². The average Bonchev–Trinajstić information content (AvgIpc) is 2.37. The molecule has 2 aromatic heterocycles. The van der Waals surface area contributed by atoms with E-state index in [1.54, 1.807) is 6.20 Å². The van der Waals surface area contributed by atoms with Gasteiger partial charge < -0.3 is 0 Å². The van der Waals surface area contributed by atoms with Crippen molar-refractivity contribution in [2.45, 2.75) is 13.8 Å². The minimum Gasteiger partial charge on any atom is -0.260 e. The zero-order valence-corrected chi connectivity index (χ0v) is 10.4. The van der Waals surface area contributed by atoms with Crippen molar-refractivity contribution in [3.05, 3.63) is 59.2 Å². The van der Waals surface area contributed by atoms with E-state index in [0.29, 0.717) is 0 Å². The van der Waals surface area contributed by atoms with Gasteiger partial charge in [0.05, 0.1) is 0 Å². The number of hydrogen-bond acceptors (Lipinski definition) is 2. The van der Waals surface area contributed by atoms with Crippen LogP contribution < -0.4 is 0 Å². The highest BCUT2D eigenvalue weighted by atomic mass is 14.7. The van der Waals surface area contributed by atoms with E-state index in [2.05, 4.69) is 33.6 Å². The van der Waals surface area contributed by atoms with E-state index in [1.807, 2.05) is 44.2 Å². The molecule has 0 amide bonds. The van der Waals surface area contributed by atoms with Gasteiger partial charge in [-0.3, -0.25) is 4.98 Å². The fraction of sp³-hybridized carbons (Fsp3) is 0.125. The van der Waals surface area contributed by atoms with Gasteiger partial charge in [-0.05, 0) is 55.9 Å². The molecule has 2 rings (SSSR count). The quantitative estimate of drug-likeness (QED) is 0.652. The summed E-state index contributed by atoms with van der Waals surface area (Å²) in [6.07, 6.45) is 1.74. The average molecular weight is 232 g/mol. The van der Waals surface area contributed by atoms with Crippen molar-refractivity contribution in [3.8, 4) is 23.7 Å². The maximum atomic E-state index is 4.28. The van der Waals surface area contributed by atoms with Crippen LogP contribution in [0.4, 0.5) is 0 Å². The van der Waals surface area contributed by atoms with Crippen LogP contribution in [0.15, 0.2) is 36.5 Å². The predicted octanol–water partition coefficient (Wildman–Crippen LogP) is 2.50. The molecule has 0 aliphatic carbocycles. The Morgan fingerprint density at radius 1 is 0.889 bits per heavy atom. The van der Waals surface area contributed by atoms with Gasteiger partial charge in [-0.15, -0.1) is 0 Å². The van der Waals surface area contributed by atoms with E-state index in [1.165, 1.54) is 0 Å². The molecular weight excluding hydrogens is 220 g/mol. The van der Waals surface area contributed by atoms with Crippen LogP contribution in [0.2, 0.25) is 0 Å². The molecule has 0 fully saturated rings. The fourth-order valence-electron chi connectivity index (χ4n) is 1.35. The highest BCUT2D eigenvalue weighted by Gasteiger charge is 1.87. The summed E-state index contributed by atoms with van der Waals surface area (Å²) in [5, 5.41) is 0. The van der Waals surface area contributed by atoms with Crippen molar-refractivity contribution in [3.63, 3.8) is 0 Å². The summed E-state index contributed by atoms with van der Waals surface area (Å²) in [5.41, 5.74) is 3.55. The van der Waals surface area contributed by atoms with Crippen molar-refractivity contribution in [2.24, 2.45) is 0 Å². The molecule has 0 spiro atoms. The molecule has 0 aromatic carbocycles. The second-order valence-corrected chi connectivity index (χ2v) is 3.85. The third-order valence-corrected chi connectivity index (χ3v) is 2.26. The third-order valence-electron chi connectivity index (χ3n) is 2.26. The van der Waals surface area contributed by atoms with Crippen LogP contribution in [0.5, 0.6) is 0 Å². The van der Waals surface area contributed by atoms with Gasteiger partial charge in [0.1, 0.15) is 5.69 Å². The summed E-state index contributed by atoms with van der Waals surface area (Å²) in [4.78, 5) is 8.44. The summed E-state index contributed by atoms with van der Waals surface area (Å²) in [6.45, 7) is 3.88. The Kier molecular flexibility index (Phi) is 3.74. The molecule has 0 unspecified atom stereocenters. The molecule has 2 nitrogen and oxygen atoms in total. The molecule has 0 saturated heterocycles. The lowest BCUT2D eigenvalue weighted by Crippen LogP contribution is -1.84. The van der Waals surface area contributed by atoms with Crippen molar-refractivity contribution in [1.82, 2.24) is 9.97 Å². The molecule has 2 heteroatoms. The van der Waals surface area contributed by atoms with Crippen molar-refractivity contribution >= 4 is 0 Å². The Hall–Kier alpha value is -2.58. The normalized spacial score (nSPS) is 8.78. The van der Waals surface area contributed by atoms with E-state index in [-0.39, 0.29) is 0 Å². The maximum absolute atomic E-state index is 4.28. The first-order chi connectivity index (χ1) is 8.74. The van der Waals surface area contributed by atoms with Crippen LogP contribution in [-0.4, -0.2) is 9.97 Å². The van der Waals surface area contributed by atoms with Crippen LogP contribution in [0.3, 0.4) is 0 Å². The summed E-state index contributed by atoms with van der Waals surface area (Å²) < 4.78 is 0. The molecule has 0 bridgehead atoms. The summed E-state index contributed by atoms with van der Waals surface area (Å²) in [5.74, 6) is 11.4. The summed E-state index contributed by atoms with van der Waals surface area (Å²) >= 11 is 0. The first-order valence-corrected chi connectivity index (χ1v) is 5.62. The van der Waals surface area contributed by atoms with Gasteiger partial charge in [0, 0.05) is 23.1 Å². The van der Waals surface area contributed by atoms with Crippen LogP contribution in [0.25, 0.3) is 0 Å². The van der Waals surface area contributed by atoms with E-state index < -0.39 is 0 Å². The molecule has 0 saturated carbocycles. The van der Waals surface area contributed by atoms with Crippen molar-refractivity contribution in [2.75, 3.05) is 0 Å². The van der Waals surface area contributed by atoms with Gasteiger partial charge in [0.2, 0.25) is 0 Å². The van der Waals surface area contributed by atoms with E-state index in [4.69, 9.17) is 0 Å². The predicted molar refractivity (Wildman–Crippen MR) is 71.7 cm³/mol. The zero-order valence-electron chi connectivity index (χ0n) is 10.4. The Bertz CT molecular complexity index is 662. The van der Waals surface area contributed by atoms with Gasteiger partial charge in [-0.25, -0.2) is 4.98 Å². The number of aromatic nitrogens is 2. The molecule has 0 radical (unpaired) electrons. The highest BCUT2D eigenvalue weighted by Crippen LogP contribution is 1.97. The summed E-state index contributed by atoms with van der Waals surface area (Å²) in [6, 6.07) is 9.61. The van der Waals surface area contributed by atoms with Crippen LogP contribution in [0, 0.1) is 37.5 Å². The number of hydrogen-bond donors (Lipinski definition) is 0. The number of aryl methyl sites for hydroxylation is 2. The van der Waals surface area contributed by atoms with Crippen LogP contribution >= 0.6 is 0 Å². The minimum atomic E-state index is 0.742. The molecule has 0 aliphatic heterocycles. The van der Waals surface area contributed by atoms with Gasteiger partial charge in [0.25, 0.3) is 0 Å². The van der Waals surface area contributed by atoms with E-state index in [9.17, 15) is 0 Å². The standard InChI is InChI=1S/C16H12N2/c1-13-10-11-15(12-17-13)7-3-4-8-16-9-5-6-14(2)18-16/h5-6,9-12H,1-2H3. The highest BCUT2D eigenvalue weighted by molar-refractivity contribution is 5.42. The molecule has 18 heavy (non-hydrogen) atoms. The minimum absolute atomic E-state index is 0.742. The second kappa shape index (κ2) is 5.66. The fourth-order valence-corrected chi connectivity index (χ4v) is 1.35. The lowest BCUT2D eigenvalue weighted by molar-refractivity contribution is 1.18. The first-order valence-electron chi connectivity index (χ1n) is 5.62. The molecule has 2 heterocycles. The van der Waals surface area contributed by atoms with Gasteiger partial charge >= 0.3 is 0 Å². The Morgan fingerprint density at radius 3 is 2.44 bits per heavy atom. The SMILES string of the molecule is Cc1ccc(C#CC#Cc2cccc(C)n2)cn1. The monoisotopic (exact) mass is 232 g/mol. The van der Waals surface area contributed by atoms with E-state index >= 15 is 0 Å². The lowest BCUT2D eigenvalue weighted by atomic mass is 10.2. The smallest absolute Gasteiger partial charge is 0.114 e.